The molecule has 1 heterocycles. The van der Waals surface area contributed by atoms with Gasteiger partial charge in [-0.05, 0) is 49.9 Å². The van der Waals surface area contributed by atoms with Crippen LogP contribution in [0, 0.1) is 17.2 Å². The van der Waals surface area contributed by atoms with Crippen molar-refractivity contribution in [2.75, 3.05) is 19.3 Å². The lowest BCUT2D eigenvalue weighted by atomic mass is 9.67. The molecule has 1 saturated carbocycles. The van der Waals surface area contributed by atoms with Crippen LogP contribution in [-0.4, -0.2) is 33.7 Å². The quantitative estimate of drug-likeness (QED) is 0.808. The van der Waals surface area contributed by atoms with Crippen LogP contribution in [0.1, 0.15) is 44.2 Å². The summed E-state index contributed by atoms with van der Waals surface area (Å²) in [6.07, 6.45) is 5.13. The normalized spacial score (nSPS) is 26.5. The first kappa shape index (κ1) is 21.1. The van der Waals surface area contributed by atoms with Crippen LogP contribution in [0.15, 0.2) is 23.1 Å². The summed E-state index contributed by atoms with van der Waals surface area (Å²) >= 11 is 0. The summed E-state index contributed by atoms with van der Waals surface area (Å²) in [7, 11) is -3.60. The minimum absolute atomic E-state index is 0. The molecule has 5 nitrogen and oxygen atoms in total. The lowest BCUT2D eigenvalue weighted by Gasteiger charge is -2.38. The Balaban J connectivity index is 0.00000243. The van der Waals surface area contributed by atoms with E-state index in [1.807, 2.05) is 0 Å². The van der Waals surface area contributed by atoms with Gasteiger partial charge in [0.2, 0.25) is 5.91 Å². The van der Waals surface area contributed by atoms with Crippen molar-refractivity contribution in [1.82, 2.24) is 10.6 Å². The van der Waals surface area contributed by atoms with Crippen LogP contribution in [0.2, 0.25) is 0 Å². The van der Waals surface area contributed by atoms with Gasteiger partial charge in [-0.1, -0.05) is 18.9 Å². The second kappa shape index (κ2) is 7.82. The Morgan fingerprint density at radius 1 is 1.38 bits per heavy atom. The highest BCUT2D eigenvalue weighted by Crippen LogP contribution is 2.44. The fourth-order valence-corrected chi connectivity index (χ4v) is 4.93. The number of fused-ring (bicyclic) bond motifs is 1. The van der Waals surface area contributed by atoms with E-state index < -0.39 is 15.7 Å². The third-order valence-electron chi connectivity index (χ3n) is 5.69. The summed E-state index contributed by atoms with van der Waals surface area (Å²) in [4.78, 5) is 12.6. The number of halogens is 2. The molecule has 3 atom stereocenters. The minimum Gasteiger partial charge on any atom is -0.349 e. The van der Waals surface area contributed by atoms with E-state index >= 15 is 0 Å². The van der Waals surface area contributed by atoms with Crippen molar-refractivity contribution in [1.29, 1.82) is 0 Å². The first-order valence-corrected chi connectivity index (χ1v) is 10.6. The summed E-state index contributed by atoms with van der Waals surface area (Å²) < 4.78 is 37.2. The SMILES string of the molecule is CC(NC(=O)[C@@]12CCCC[C@H]1CNC2)c1ccc(S(C)(=O)=O)c(F)c1.Cl. The highest BCUT2D eigenvalue weighted by Gasteiger charge is 2.50. The molecule has 1 aliphatic carbocycles. The van der Waals surface area contributed by atoms with Gasteiger partial charge >= 0.3 is 0 Å². The van der Waals surface area contributed by atoms with Gasteiger partial charge in [0, 0.05) is 12.8 Å². The average molecular weight is 405 g/mol. The molecule has 3 rings (SSSR count). The Kier molecular flexibility index (Phi) is 6.36. The molecule has 2 aliphatic rings. The molecular formula is C18H26ClFN2O3S. The van der Waals surface area contributed by atoms with Gasteiger partial charge in [0.1, 0.15) is 10.7 Å². The molecule has 0 radical (unpaired) electrons. The van der Waals surface area contributed by atoms with Crippen molar-refractivity contribution in [3.05, 3.63) is 29.6 Å². The Bertz CT molecular complexity index is 787. The van der Waals surface area contributed by atoms with Gasteiger partial charge in [-0.2, -0.15) is 0 Å². The van der Waals surface area contributed by atoms with Crippen LogP contribution in [0.25, 0.3) is 0 Å². The van der Waals surface area contributed by atoms with Crippen LogP contribution < -0.4 is 10.6 Å². The van der Waals surface area contributed by atoms with Gasteiger partial charge in [-0.15, -0.1) is 12.4 Å². The number of hydrogen-bond acceptors (Lipinski definition) is 4. The predicted octanol–water partition coefficient (Wildman–Crippen LogP) is 2.61. The fraction of sp³-hybridized carbons (Fsp3) is 0.611. The van der Waals surface area contributed by atoms with Crippen molar-refractivity contribution < 1.29 is 17.6 Å². The zero-order valence-corrected chi connectivity index (χ0v) is 16.7. The van der Waals surface area contributed by atoms with E-state index in [9.17, 15) is 17.6 Å². The van der Waals surface area contributed by atoms with Crippen molar-refractivity contribution in [2.45, 2.75) is 43.5 Å². The Morgan fingerprint density at radius 3 is 2.77 bits per heavy atom. The van der Waals surface area contributed by atoms with Crippen LogP contribution in [0.5, 0.6) is 0 Å². The molecule has 1 aromatic rings. The molecule has 0 bridgehead atoms. The van der Waals surface area contributed by atoms with E-state index in [0.717, 1.165) is 38.5 Å². The number of benzene rings is 1. The van der Waals surface area contributed by atoms with E-state index in [2.05, 4.69) is 10.6 Å². The molecule has 0 aromatic heterocycles. The summed E-state index contributed by atoms with van der Waals surface area (Å²) in [5.41, 5.74) is 0.200. The van der Waals surface area contributed by atoms with Crippen LogP contribution in [0.3, 0.4) is 0 Å². The topological polar surface area (TPSA) is 75.3 Å². The maximum Gasteiger partial charge on any atom is 0.228 e. The molecule has 1 amide bonds. The largest absolute Gasteiger partial charge is 0.349 e. The van der Waals surface area contributed by atoms with E-state index in [4.69, 9.17) is 0 Å². The van der Waals surface area contributed by atoms with E-state index in [0.29, 0.717) is 18.0 Å². The lowest BCUT2D eigenvalue weighted by molar-refractivity contribution is -0.134. The van der Waals surface area contributed by atoms with E-state index in [-0.39, 0.29) is 34.7 Å². The monoisotopic (exact) mass is 404 g/mol. The van der Waals surface area contributed by atoms with Gasteiger partial charge in [0.15, 0.2) is 9.84 Å². The molecule has 146 valence electrons. The van der Waals surface area contributed by atoms with Gasteiger partial charge in [-0.25, -0.2) is 12.8 Å². The maximum atomic E-state index is 14.1. The van der Waals surface area contributed by atoms with E-state index in [1.165, 1.54) is 12.1 Å². The van der Waals surface area contributed by atoms with Crippen LogP contribution >= 0.6 is 12.4 Å². The highest BCUT2D eigenvalue weighted by molar-refractivity contribution is 7.90. The van der Waals surface area contributed by atoms with Gasteiger partial charge in [0.05, 0.1) is 11.5 Å². The molecule has 1 unspecified atom stereocenters. The summed E-state index contributed by atoms with van der Waals surface area (Å²) in [6.45, 7) is 3.36. The zero-order valence-electron chi connectivity index (χ0n) is 15.0. The Labute approximate surface area is 160 Å². The fourth-order valence-electron chi connectivity index (χ4n) is 4.20. The Hall–Kier alpha value is -1.18. The maximum absolute atomic E-state index is 14.1. The smallest absolute Gasteiger partial charge is 0.228 e. The van der Waals surface area contributed by atoms with Crippen LogP contribution in [0.4, 0.5) is 4.39 Å². The molecule has 1 aromatic carbocycles. The Morgan fingerprint density at radius 2 is 2.12 bits per heavy atom. The molecule has 2 fully saturated rings. The number of carbonyl (C=O) groups excluding carboxylic acids is 1. The first-order valence-electron chi connectivity index (χ1n) is 8.75. The van der Waals surface area contributed by atoms with Gasteiger partial charge in [0.25, 0.3) is 0 Å². The number of rotatable bonds is 4. The van der Waals surface area contributed by atoms with Gasteiger partial charge in [-0.3, -0.25) is 4.79 Å². The number of amides is 1. The second-order valence-corrected chi connectivity index (χ2v) is 9.37. The standard InChI is InChI=1S/C18H25FN2O3S.ClH/c1-12(13-6-7-16(15(19)9-13)25(2,23)24)21-17(22)18-8-4-3-5-14(18)10-20-11-18;/h6-7,9,12,14,20H,3-5,8,10-11H2,1-2H3,(H,21,22);1H/t12?,14-,18+;/m0./s1. The third-order valence-corrected chi connectivity index (χ3v) is 6.82. The average Bonchev–Trinajstić information content (AvgIpc) is 2.98. The summed E-state index contributed by atoms with van der Waals surface area (Å²) in [5.74, 6) is -0.405. The van der Waals surface area contributed by atoms with Gasteiger partial charge < -0.3 is 10.6 Å². The predicted molar refractivity (Wildman–Crippen MR) is 101 cm³/mol. The summed E-state index contributed by atoms with van der Waals surface area (Å²) in [6, 6.07) is 3.65. The first-order chi connectivity index (χ1) is 11.7. The van der Waals surface area contributed by atoms with Crippen LogP contribution in [-0.2, 0) is 14.6 Å². The molecule has 26 heavy (non-hydrogen) atoms. The third kappa shape index (κ3) is 3.89. The summed E-state index contributed by atoms with van der Waals surface area (Å²) in [5, 5.41) is 6.36. The van der Waals surface area contributed by atoms with Crippen molar-refractivity contribution in [2.24, 2.45) is 11.3 Å². The van der Waals surface area contributed by atoms with Crippen molar-refractivity contribution >= 4 is 28.2 Å². The number of nitrogens with one attached hydrogen (secondary N) is 2. The lowest BCUT2D eigenvalue weighted by Crippen LogP contribution is -2.48. The molecular weight excluding hydrogens is 379 g/mol. The molecule has 1 saturated heterocycles. The van der Waals surface area contributed by atoms with Crippen molar-refractivity contribution in [3.63, 3.8) is 0 Å². The molecule has 0 spiro atoms. The number of hydrogen-bond donors (Lipinski definition) is 2. The number of sulfone groups is 1. The van der Waals surface area contributed by atoms with Crippen molar-refractivity contribution in [3.8, 4) is 0 Å². The highest BCUT2D eigenvalue weighted by atomic mass is 35.5. The second-order valence-electron chi connectivity index (χ2n) is 7.39. The molecule has 1 aliphatic heterocycles. The number of carbonyl (C=O) groups is 1. The van der Waals surface area contributed by atoms with E-state index in [1.54, 1.807) is 13.0 Å². The minimum atomic E-state index is -3.60. The zero-order chi connectivity index (χ0) is 18.2. The molecule has 2 N–H and O–H groups in total. The molecule has 8 heteroatoms.